The van der Waals surface area contributed by atoms with Gasteiger partial charge in [0.15, 0.2) is 0 Å². The molecule has 5 heteroatoms. The number of hydrogen-bond acceptors (Lipinski definition) is 3. The second-order valence-corrected chi connectivity index (χ2v) is 6.60. The van der Waals surface area contributed by atoms with Crippen LogP contribution in [0.4, 0.5) is 0 Å². The average molecular weight is 284 g/mol. The number of aryl methyl sites for hydroxylation is 1. The van der Waals surface area contributed by atoms with Crippen LogP contribution in [0.2, 0.25) is 0 Å². The first kappa shape index (κ1) is 14.4. The standard InChI is InChI=1S/C16H21BN2O2/c1-12-10-13(19-9-8-18-11-19)6-7-14(12)17-20-15(2,3)16(4,5)21-17/h6-11H,1-5H3. The van der Waals surface area contributed by atoms with Crippen molar-refractivity contribution in [2.45, 2.75) is 45.8 Å². The lowest BCUT2D eigenvalue weighted by Gasteiger charge is -2.32. The summed E-state index contributed by atoms with van der Waals surface area (Å²) in [6.07, 6.45) is 5.50. The van der Waals surface area contributed by atoms with Gasteiger partial charge in [0.05, 0.1) is 17.5 Å². The normalized spacial score (nSPS) is 20.0. The van der Waals surface area contributed by atoms with E-state index in [1.165, 1.54) is 0 Å². The highest BCUT2D eigenvalue weighted by molar-refractivity contribution is 6.62. The molecule has 0 spiro atoms. The van der Waals surface area contributed by atoms with Crippen LogP contribution in [0.5, 0.6) is 0 Å². The maximum Gasteiger partial charge on any atom is 0.495 e. The van der Waals surface area contributed by atoms with E-state index in [9.17, 15) is 0 Å². The fourth-order valence-corrected chi connectivity index (χ4v) is 2.47. The molecule has 2 heterocycles. The van der Waals surface area contributed by atoms with E-state index in [0.717, 1.165) is 16.7 Å². The Morgan fingerprint density at radius 1 is 1.10 bits per heavy atom. The van der Waals surface area contributed by atoms with Crippen molar-refractivity contribution in [3.05, 3.63) is 42.5 Å². The third-order valence-electron chi connectivity index (χ3n) is 4.56. The topological polar surface area (TPSA) is 36.3 Å². The average Bonchev–Trinajstić information content (AvgIpc) is 2.96. The monoisotopic (exact) mass is 284 g/mol. The van der Waals surface area contributed by atoms with Crippen LogP contribution in [0.25, 0.3) is 5.69 Å². The third-order valence-corrected chi connectivity index (χ3v) is 4.56. The van der Waals surface area contributed by atoms with Crippen molar-refractivity contribution in [2.75, 3.05) is 0 Å². The Bertz CT molecular complexity index is 634. The van der Waals surface area contributed by atoms with Gasteiger partial charge in [-0.1, -0.05) is 6.07 Å². The van der Waals surface area contributed by atoms with E-state index in [-0.39, 0.29) is 18.3 Å². The van der Waals surface area contributed by atoms with Gasteiger partial charge in [0.1, 0.15) is 0 Å². The minimum absolute atomic E-state index is 0.312. The third kappa shape index (κ3) is 2.41. The van der Waals surface area contributed by atoms with E-state index >= 15 is 0 Å². The van der Waals surface area contributed by atoms with Crippen molar-refractivity contribution in [1.82, 2.24) is 9.55 Å². The lowest BCUT2D eigenvalue weighted by Crippen LogP contribution is -2.41. The molecular weight excluding hydrogens is 263 g/mol. The summed E-state index contributed by atoms with van der Waals surface area (Å²) in [4.78, 5) is 4.08. The molecule has 0 atom stereocenters. The van der Waals surface area contributed by atoms with E-state index in [1.807, 2.05) is 10.8 Å². The van der Waals surface area contributed by atoms with Crippen LogP contribution >= 0.6 is 0 Å². The first-order valence-electron chi connectivity index (χ1n) is 7.25. The molecule has 0 amide bonds. The zero-order valence-electron chi connectivity index (χ0n) is 13.3. The van der Waals surface area contributed by atoms with Gasteiger partial charge in [-0.3, -0.25) is 0 Å². The number of aromatic nitrogens is 2. The molecule has 0 radical (unpaired) electrons. The van der Waals surface area contributed by atoms with Crippen LogP contribution in [0, 0.1) is 6.92 Å². The molecule has 21 heavy (non-hydrogen) atoms. The van der Waals surface area contributed by atoms with E-state index in [4.69, 9.17) is 9.31 Å². The Labute approximate surface area is 126 Å². The summed E-state index contributed by atoms with van der Waals surface area (Å²) in [6, 6.07) is 6.27. The Hall–Kier alpha value is -1.59. The van der Waals surface area contributed by atoms with E-state index in [0.29, 0.717) is 0 Å². The van der Waals surface area contributed by atoms with E-state index in [2.05, 4.69) is 57.8 Å². The van der Waals surface area contributed by atoms with Gasteiger partial charge in [0.25, 0.3) is 0 Å². The molecule has 1 aliphatic rings. The van der Waals surface area contributed by atoms with Gasteiger partial charge in [0, 0.05) is 18.1 Å². The molecule has 1 saturated heterocycles. The zero-order chi connectivity index (χ0) is 15.3. The molecule has 3 rings (SSSR count). The van der Waals surface area contributed by atoms with Crippen LogP contribution in [-0.4, -0.2) is 27.9 Å². The number of nitrogens with zero attached hydrogens (tertiary/aromatic N) is 2. The molecule has 110 valence electrons. The highest BCUT2D eigenvalue weighted by atomic mass is 16.7. The maximum absolute atomic E-state index is 6.12. The summed E-state index contributed by atoms with van der Waals surface area (Å²) in [5, 5.41) is 0. The Kier molecular flexibility index (Phi) is 3.22. The SMILES string of the molecule is Cc1cc(-n2ccnc2)ccc1B1OC(C)(C)C(C)(C)O1. The van der Waals surface area contributed by atoms with Crippen molar-refractivity contribution in [3.8, 4) is 5.69 Å². The fraction of sp³-hybridized carbons (Fsp3) is 0.438. The predicted octanol–water partition coefficient (Wildman–Crippen LogP) is 2.48. The quantitative estimate of drug-likeness (QED) is 0.795. The Morgan fingerprint density at radius 2 is 1.76 bits per heavy atom. The number of benzene rings is 1. The van der Waals surface area contributed by atoms with Gasteiger partial charge in [-0.25, -0.2) is 4.98 Å². The Morgan fingerprint density at radius 3 is 2.29 bits per heavy atom. The van der Waals surface area contributed by atoms with Crippen LogP contribution in [0.1, 0.15) is 33.3 Å². The highest BCUT2D eigenvalue weighted by Crippen LogP contribution is 2.36. The van der Waals surface area contributed by atoms with Crippen molar-refractivity contribution in [1.29, 1.82) is 0 Å². The first-order chi connectivity index (χ1) is 9.80. The second kappa shape index (κ2) is 4.72. The van der Waals surface area contributed by atoms with Crippen molar-refractivity contribution >= 4 is 12.6 Å². The van der Waals surface area contributed by atoms with Crippen LogP contribution in [0.3, 0.4) is 0 Å². The van der Waals surface area contributed by atoms with Gasteiger partial charge in [-0.15, -0.1) is 0 Å². The fourth-order valence-electron chi connectivity index (χ4n) is 2.47. The molecule has 1 aliphatic heterocycles. The molecule has 2 aromatic rings. The number of rotatable bonds is 2. The summed E-state index contributed by atoms with van der Waals surface area (Å²) in [7, 11) is -0.313. The molecule has 0 unspecified atom stereocenters. The van der Waals surface area contributed by atoms with E-state index in [1.54, 1.807) is 12.5 Å². The van der Waals surface area contributed by atoms with Crippen molar-refractivity contribution in [3.63, 3.8) is 0 Å². The molecule has 0 aliphatic carbocycles. The molecule has 1 aromatic carbocycles. The summed E-state index contributed by atoms with van der Waals surface area (Å²) in [5.41, 5.74) is 2.70. The lowest BCUT2D eigenvalue weighted by molar-refractivity contribution is 0.00578. The largest absolute Gasteiger partial charge is 0.495 e. The smallest absolute Gasteiger partial charge is 0.399 e. The Balaban J connectivity index is 1.91. The highest BCUT2D eigenvalue weighted by Gasteiger charge is 2.51. The summed E-state index contributed by atoms with van der Waals surface area (Å²) < 4.78 is 14.2. The van der Waals surface area contributed by atoms with Crippen LogP contribution < -0.4 is 5.46 Å². The number of hydrogen-bond donors (Lipinski definition) is 0. The van der Waals surface area contributed by atoms with Gasteiger partial charge in [0.2, 0.25) is 0 Å². The molecule has 0 bridgehead atoms. The van der Waals surface area contributed by atoms with Gasteiger partial charge < -0.3 is 13.9 Å². The van der Waals surface area contributed by atoms with Gasteiger partial charge in [-0.2, -0.15) is 0 Å². The second-order valence-electron chi connectivity index (χ2n) is 6.60. The minimum atomic E-state index is -0.313. The molecule has 0 N–H and O–H groups in total. The lowest BCUT2D eigenvalue weighted by atomic mass is 9.76. The molecule has 4 nitrogen and oxygen atoms in total. The maximum atomic E-state index is 6.12. The first-order valence-corrected chi connectivity index (χ1v) is 7.25. The van der Waals surface area contributed by atoms with Gasteiger partial charge >= 0.3 is 7.12 Å². The minimum Gasteiger partial charge on any atom is -0.399 e. The van der Waals surface area contributed by atoms with Crippen molar-refractivity contribution < 1.29 is 9.31 Å². The van der Waals surface area contributed by atoms with E-state index < -0.39 is 0 Å². The van der Waals surface area contributed by atoms with Crippen molar-refractivity contribution in [2.24, 2.45) is 0 Å². The van der Waals surface area contributed by atoms with Crippen LogP contribution in [-0.2, 0) is 9.31 Å². The molecule has 1 aromatic heterocycles. The zero-order valence-corrected chi connectivity index (χ0v) is 13.3. The van der Waals surface area contributed by atoms with Crippen LogP contribution in [0.15, 0.2) is 36.9 Å². The molecule has 1 fully saturated rings. The summed E-state index contributed by atoms with van der Waals surface area (Å²) in [6.45, 7) is 10.4. The summed E-state index contributed by atoms with van der Waals surface area (Å²) in [5.74, 6) is 0. The summed E-state index contributed by atoms with van der Waals surface area (Å²) >= 11 is 0. The number of imidazole rings is 1. The molecular formula is C16H21BN2O2. The van der Waals surface area contributed by atoms with Gasteiger partial charge in [-0.05, 0) is 57.8 Å². The molecule has 0 saturated carbocycles. The predicted molar refractivity (Wildman–Crippen MR) is 84.0 cm³/mol.